The van der Waals surface area contributed by atoms with Crippen LogP contribution in [0.3, 0.4) is 0 Å². The Balaban J connectivity index is 1.88. The molecule has 1 aliphatic rings. The second-order valence-electron chi connectivity index (χ2n) is 4.93. The quantitative estimate of drug-likeness (QED) is 0.839. The van der Waals surface area contributed by atoms with Crippen molar-refractivity contribution in [2.24, 2.45) is 0 Å². The number of fused-ring (bicyclic) bond motifs is 1. The Bertz CT molecular complexity index is 741. The molecule has 0 aliphatic carbocycles. The first kappa shape index (κ1) is 14.3. The number of rotatable bonds is 3. The van der Waals surface area contributed by atoms with Crippen LogP contribution < -0.4 is 5.32 Å². The van der Waals surface area contributed by atoms with E-state index in [0.717, 1.165) is 15.1 Å². The maximum Gasteiger partial charge on any atom is 0.261 e. The van der Waals surface area contributed by atoms with Crippen molar-refractivity contribution in [3.63, 3.8) is 0 Å². The number of anilines is 1. The van der Waals surface area contributed by atoms with E-state index in [-0.39, 0.29) is 17.9 Å². The summed E-state index contributed by atoms with van der Waals surface area (Å²) in [4.78, 5) is 26.2. The summed E-state index contributed by atoms with van der Waals surface area (Å²) in [7, 11) is 1.50. The molecule has 1 aromatic heterocycles. The van der Waals surface area contributed by atoms with Crippen molar-refractivity contribution in [2.45, 2.75) is 13.0 Å². The summed E-state index contributed by atoms with van der Waals surface area (Å²) in [6.45, 7) is 2.06. The largest absolute Gasteiger partial charge is 0.378 e. The second kappa shape index (κ2) is 5.27. The fourth-order valence-electron chi connectivity index (χ4n) is 2.38. The van der Waals surface area contributed by atoms with E-state index in [1.54, 1.807) is 23.5 Å². The van der Waals surface area contributed by atoms with Crippen LogP contribution >= 0.6 is 27.3 Å². The lowest BCUT2D eigenvalue weighted by Crippen LogP contribution is -2.24. The van der Waals surface area contributed by atoms with Crippen LogP contribution in [0.2, 0.25) is 0 Å². The van der Waals surface area contributed by atoms with Gasteiger partial charge in [0.05, 0.1) is 17.2 Å². The molecule has 6 heteroatoms. The molecule has 108 valence electrons. The van der Waals surface area contributed by atoms with Crippen LogP contribution in [0.4, 0.5) is 5.69 Å². The van der Waals surface area contributed by atoms with Crippen LogP contribution in [0.25, 0.3) is 0 Å². The van der Waals surface area contributed by atoms with Gasteiger partial charge in [-0.3, -0.25) is 14.5 Å². The standard InChI is InChI=1S/C15H13BrN2O2S/c1-8(13-12(16)5-6-21-13)17-9-3-4-10-11(7-9)15(20)18(2)14(10)19/h3-8,17H,1-2H3. The number of halogens is 1. The summed E-state index contributed by atoms with van der Waals surface area (Å²) in [5.41, 5.74) is 1.76. The van der Waals surface area contributed by atoms with Crippen LogP contribution in [0.1, 0.15) is 38.6 Å². The predicted molar refractivity (Wildman–Crippen MR) is 86.9 cm³/mol. The van der Waals surface area contributed by atoms with Crippen molar-refractivity contribution in [3.05, 3.63) is 50.1 Å². The number of carbonyl (C=O) groups excluding carboxylic acids is 2. The Morgan fingerprint density at radius 2 is 1.90 bits per heavy atom. The fourth-order valence-corrected chi connectivity index (χ4v) is 4.11. The summed E-state index contributed by atoms with van der Waals surface area (Å²) in [5, 5.41) is 5.39. The van der Waals surface area contributed by atoms with Crippen molar-refractivity contribution < 1.29 is 9.59 Å². The Kier molecular flexibility index (Phi) is 3.59. The molecule has 2 aromatic rings. The highest BCUT2D eigenvalue weighted by molar-refractivity contribution is 9.10. The molecule has 2 amide bonds. The normalized spacial score (nSPS) is 15.3. The van der Waals surface area contributed by atoms with E-state index in [1.165, 1.54) is 11.9 Å². The monoisotopic (exact) mass is 364 g/mol. The molecule has 1 N–H and O–H groups in total. The third kappa shape index (κ3) is 2.38. The third-order valence-electron chi connectivity index (χ3n) is 3.51. The topological polar surface area (TPSA) is 49.4 Å². The molecule has 0 bridgehead atoms. The lowest BCUT2D eigenvalue weighted by molar-refractivity contribution is 0.0693. The van der Waals surface area contributed by atoms with Crippen molar-refractivity contribution in [2.75, 3.05) is 12.4 Å². The van der Waals surface area contributed by atoms with Crippen LogP contribution in [0.15, 0.2) is 34.1 Å². The van der Waals surface area contributed by atoms with Crippen LogP contribution in [-0.2, 0) is 0 Å². The van der Waals surface area contributed by atoms with Gasteiger partial charge in [-0.15, -0.1) is 11.3 Å². The van der Waals surface area contributed by atoms with Gasteiger partial charge in [-0.05, 0) is 52.5 Å². The first-order valence-corrected chi connectivity index (χ1v) is 8.12. The van der Waals surface area contributed by atoms with E-state index < -0.39 is 0 Å². The average Bonchev–Trinajstić information content (AvgIpc) is 2.98. The molecule has 0 saturated heterocycles. The second-order valence-corrected chi connectivity index (χ2v) is 6.73. The minimum atomic E-state index is -0.247. The van der Waals surface area contributed by atoms with Gasteiger partial charge < -0.3 is 5.32 Å². The van der Waals surface area contributed by atoms with E-state index in [1.807, 2.05) is 17.5 Å². The number of thiophene rings is 1. The van der Waals surface area contributed by atoms with Gasteiger partial charge in [0.25, 0.3) is 11.8 Å². The Labute approximate surface area is 134 Å². The average molecular weight is 365 g/mol. The summed E-state index contributed by atoms with van der Waals surface area (Å²) in [5.74, 6) is -0.487. The fraction of sp³-hybridized carbons (Fsp3) is 0.200. The maximum absolute atomic E-state index is 12.0. The lowest BCUT2D eigenvalue weighted by Gasteiger charge is -2.15. The van der Waals surface area contributed by atoms with E-state index >= 15 is 0 Å². The SMILES string of the molecule is CC(Nc1ccc2c(c1)C(=O)N(C)C2=O)c1sccc1Br. The van der Waals surface area contributed by atoms with Gasteiger partial charge in [0, 0.05) is 22.1 Å². The zero-order chi connectivity index (χ0) is 15.1. The third-order valence-corrected chi connectivity index (χ3v) is 5.56. The molecule has 0 spiro atoms. The highest BCUT2D eigenvalue weighted by Crippen LogP contribution is 2.32. The van der Waals surface area contributed by atoms with Crippen molar-refractivity contribution in [1.29, 1.82) is 0 Å². The number of hydrogen-bond donors (Lipinski definition) is 1. The highest BCUT2D eigenvalue weighted by atomic mass is 79.9. The maximum atomic E-state index is 12.0. The van der Waals surface area contributed by atoms with E-state index in [2.05, 4.69) is 28.2 Å². The van der Waals surface area contributed by atoms with E-state index in [4.69, 9.17) is 0 Å². The minimum Gasteiger partial charge on any atom is -0.378 e. The molecular formula is C15H13BrN2O2S. The first-order valence-electron chi connectivity index (χ1n) is 6.45. The Hall–Kier alpha value is -1.66. The lowest BCUT2D eigenvalue weighted by atomic mass is 10.1. The number of imide groups is 1. The van der Waals surface area contributed by atoms with Gasteiger partial charge in [0.15, 0.2) is 0 Å². The van der Waals surface area contributed by atoms with Gasteiger partial charge >= 0.3 is 0 Å². The number of nitrogens with zero attached hydrogens (tertiary/aromatic N) is 1. The first-order chi connectivity index (χ1) is 9.99. The number of benzene rings is 1. The molecule has 21 heavy (non-hydrogen) atoms. The van der Waals surface area contributed by atoms with Crippen LogP contribution in [0, 0.1) is 0 Å². The zero-order valence-corrected chi connectivity index (χ0v) is 13.9. The summed E-state index contributed by atoms with van der Waals surface area (Å²) >= 11 is 5.19. The molecule has 1 aliphatic heterocycles. The minimum absolute atomic E-state index is 0.113. The van der Waals surface area contributed by atoms with Crippen molar-refractivity contribution in [3.8, 4) is 0 Å². The van der Waals surface area contributed by atoms with Gasteiger partial charge in [0.2, 0.25) is 0 Å². The molecule has 0 radical (unpaired) electrons. The van der Waals surface area contributed by atoms with Gasteiger partial charge in [0.1, 0.15) is 0 Å². The summed E-state index contributed by atoms with van der Waals surface area (Å²) < 4.78 is 1.07. The molecule has 0 saturated carbocycles. The molecule has 0 fully saturated rings. The van der Waals surface area contributed by atoms with Crippen LogP contribution in [0.5, 0.6) is 0 Å². The number of hydrogen-bond acceptors (Lipinski definition) is 4. The molecule has 4 nitrogen and oxygen atoms in total. The van der Waals surface area contributed by atoms with Crippen molar-refractivity contribution >= 4 is 44.8 Å². The zero-order valence-electron chi connectivity index (χ0n) is 11.5. The summed E-state index contributed by atoms with van der Waals surface area (Å²) in [6.07, 6.45) is 0. The predicted octanol–water partition coefficient (Wildman–Crippen LogP) is 3.91. The molecule has 1 aromatic carbocycles. The van der Waals surface area contributed by atoms with Gasteiger partial charge in [-0.1, -0.05) is 0 Å². The summed E-state index contributed by atoms with van der Waals surface area (Å²) in [6, 6.07) is 7.41. The number of nitrogens with one attached hydrogen (secondary N) is 1. The van der Waals surface area contributed by atoms with Crippen LogP contribution in [-0.4, -0.2) is 23.8 Å². The molecule has 1 unspecified atom stereocenters. The Morgan fingerprint density at radius 3 is 2.57 bits per heavy atom. The van der Waals surface area contributed by atoms with E-state index in [0.29, 0.717) is 11.1 Å². The highest BCUT2D eigenvalue weighted by Gasteiger charge is 2.32. The van der Waals surface area contributed by atoms with Gasteiger partial charge in [-0.2, -0.15) is 0 Å². The number of amides is 2. The molecular weight excluding hydrogens is 352 g/mol. The molecule has 3 rings (SSSR count). The smallest absolute Gasteiger partial charge is 0.261 e. The van der Waals surface area contributed by atoms with Gasteiger partial charge in [-0.25, -0.2) is 0 Å². The Morgan fingerprint density at radius 1 is 1.19 bits per heavy atom. The molecule has 1 atom stereocenters. The van der Waals surface area contributed by atoms with Crippen molar-refractivity contribution in [1.82, 2.24) is 4.90 Å². The van der Waals surface area contributed by atoms with E-state index in [9.17, 15) is 9.59 Å². The molecule has 2 heterocycles. The number of carbonyl (C=O) groups is 2.